The van der Waals surface area contributed by atoms with Gasteiger partial charge in [-0.15, -0.1) is 0 Å². The predicted molar refractivity (Wildman–Crippen MR) is 77.5 cm³/mol. The summed E-state index contributed by atoms with van der Waals surface area (Å²) >= 11 is 7.22. The summed E-state index contributed by atoms with van der Waals surface area (Å²) in [5.74, 6) is -0.497. The van der Waals surface area contributed by atoms with E-state index in [1.165, 1.54) is 18.0 Å². The number of thioether (sulfide) groups is 1. The normalized spacial score (nSPS) is 10.3. The number of hydrogen-bond acceptors (Lipinski definition) is 5. The molecule has 1 amide bonds. The van der Waals surface area contributed by atoms with Gasteiger partial charge >= 0.3 is 0 Å². The van der Waals surface area contributed by atoms with Crippen LogP contribution in [-0.4, -0.2) is 22.1 Å². The van der Waals surface area contributed by atoms with Crippen molar-refractivity contribution >= 4 is 29.3 Å². The van der Waals surface area contributed by atoms with Gasteiger partial charge in [-0.1, -0.05) is 53.7 Å². The molecule has 0 radical (unpaired) electrons. The second-order valence-electron chi connectivity index (χ2n) is 3.76. The zero-order valence-electron chi connectivity index (χ0n) is 10.7. The molecule has 2 rings (SSSR count). The van der Waals surface area contributed by atoms with E-state index in [4.69, 9.17) is 16.4 Å². The molecule has 0 aliphatic heterocycles. The number of nitrogens with zero attached hydrogens (tertiary/aromatic N) is 2. The Hall–Kier alpha value is -1.63. The molecular formula is C13H12ClN3O2S. The fourth-order valence-electron chi connectivity index (χ4n) is 1.42. The lowest BCUT2D eigenvalue weighted by atomic mass is 10.2. The van der Waals surface area contributed by atoms with Crippen LogP contribution in [0.25, 0.3) is 0 Å². The average Bonchev–Trinajstić information content (AvgIpc) is 2.48. The molecule has 104 valence electrons. The van der Waals surface area contributed by atoms with Crippen LogP contribution in [0.2, 0.25) is 5.02 Å². The highest BCUT2D eigenvalue weighted by Gasteiger charge is 2.14. The smallest absolute Gasteiger partial charge is 0.269 e. The van der Waals surface area contributed by atoms with Crippen LogP contribution in [0.5, 0.6) is 0 Å². The number of carbonyl (C=O) groups excluding carboxylic acids is 1. The maximum absolute atomic E-state index is 11.9. The molecule has 0 spiro atoms. The highest BCUT2D eigenvalue weighted by Crippen LogP contribution is 2.16. The Bertz CT molecular complexity index is 595. The Kier molecular flexibility index (Phi) is 5.34. The monoisotopic (exact) mass is 309 g/mol. The largest absolute Gasteiger partial charge is 0.295 e. The number of benzene rings is 1. The van der Waals surface area contributed by atoms with E-state index >= 15 is 0 Å². The van der Waals surface area contributed by atoms with E-state index in [0.29, 0.717) is 5.16 Å². The van der Waals surface area contributed by atoms with Crippen LogP contribution in [-0.2, 0) is 11.4 Å². The number of aromatic nitrogens is 2. The lowest BCUT2D eigenvalue weighted by molar-refractivity contribution is 0.0229. The molecule has 1 aromatic heterocycles. The van der Waals surface area contributed by atoms with Crippen LogP contribution in [0.15, 0.2) is 41.7 Å². The van der Waals surface area contributed by atoms with Crippen molar-refractivity contribution in [1.29, 1.82) is 0 Å². The Balaban J connectivity index is 1.95. The minimum Gasteiger partial charge on any atom is -0.269 e. The van der Waals surface area contributed by atoms with Gasteiger partial charge in [0.25, 0.3) is 5.91 Å². The molecule has 0 aliphatic carbocycles. The van der Waals surface area contributed by atoms with Crippen molar-refractivity contribution in [2.45, 2.75) is 11.8 Å². The molecule has 1 heterocycles. The number of halogens is 1. The summed E-state index contributed by atoms with van der Waals surface area (Å²) in [7, 11) is 0. The summed E-state index contributed by atoms with van der Waals surface area (Å²) < 4.78 is 0. The van der Waals surface area contributed by atoms with E-state index in [1.54, 1.807) is 0 Å². The minimum atomic E-state index is -0.497. The zero-order valence-corrected chi connectivity index (χ0v) is 12.2. The lowest BCUT2D eigenvalue weighted by Crippen LogP contribution is -2.25. The van der Waals surface area contributed by atoms with E-state index < -0.39 is 5.91 Å². The molecule has 20 heavy (non-hydrogen) atoms. The Morgan fingerprint density at radius 3 is 2.85 bits per heavy atom. The predicted octanol–water partition coefficient (Wildman–Crippen LogP) is 2.71. The molecule has 0 aliphatic rings. The molecule has 0 unspecified atom stereocenters. The number of amides is 1. The molecule has 2 aromatic rings. The van der Waals surface area contributed by atoms with E-state index in [2.05, 4.69) is 15.4 Å². The highest BCUT2D eigenvalue weighted by molar-refractivity contribution is 7.98. The third-order valence-electron chi connectivity index (χ3n) is 2.37. The average molecular weight is 310 g/mol. The van der Waals surface area contributed by atoms with Crippen LogP contribution in [0.1, 0.15) is 16.1 Å². The van der Waals surface area contributed by atoms with Gasteiger partial charge < -0.3 is 0 Å². The molecule has 7 heteroatoms. The van der Waals surface area contributed by atoms with Crippen molar-refractivity contribution in [1.82, 2.24) is 15.4 Å². The SMILES string of the molecule is CSc1ncc(Cl)c(C(=O)NOCc2ccccc2)n1. The van der Waals surface area contributed by atoms with Crippen LogP contribution in [0.3, 0.4) is 0 Å². The van der Waals surface area contributed by atoms with Crippen molar-refractivity contribution in [2.24, 2.45) is 0 Å². The third kappa shape index (κ3) is 3.93. The summed E-state index contributed by atoms with van der Waals surface area (Å²) in [5.41, 5.74) is 3.36. The van der Waals surface area contributed by atoms with Crippen molar-refractivity contribution < 1.29 is 9.63 Å². The zero-order chi connectivity index (χ0) is 14.4. The van der Waals surface area contributed by atoms with Gasteiger partial charge in [-0.25, -0.2) is 15.4 Å². The number of rotatable bonds is 5. The van der Waals surface area contributed by atoms with Gasteiger partial charge in [0.15, 0.2) is 10.9 Å². The number of carbonyl (C=O) groups is 1. The quantitative estimate of drug-likeness (QED) is 0.522. The van der Waals surface area contributed by atoms with Crippen LogP contribution >= 0.6 is 23.4 Å². The Labute approximate surface area is 125 Å². The first-order valence-corrected chi connectivity index (χ1v) is 7.33. The lowest BCUT2D eigenvalue weighted by Gasteiger charge is -2.07. The maximum atomic E-state index is 11.9. The second kappa shape index (κ2) is 7.23. The van der Waals surface area contributed by atoms with Gasteiger partial charge in [0.1, 0.15) is 0 Å². The molecule has 0 saturated carbocycles. The van der Waals surface area contributed by atoms with Crippen molar-refractivity contribution in [3.8, 4) is 0 Å². The fourth-order valence-corrected chi connectivity index (χ4v) is 1.93. The molecule has 1 N–H and O–H groups in total. The van der Waals surface area contributed by atoms with E-state index in [9.17, 15) is 4.79 Å². The summed E-state index contributed by atoms with van der Waals surface area (Å²) in [6, 6.07) is 9.50. The molecule has 0 fully saturated rings. The standard InChI is InChI=1S/C13H12ClN3O2S/c1-20-13-15-7-10(14)11(16-13)12(18)17-19-8-9-5-3-2-4-6-9/h2-7H,8H2,1H3,(H,17,18). The number of nitrogens with one attached hydrogen (secondary N) is 1. The molecule has 0 atom stereocenters. The van der Waals surface area contributed by atoms with Gasteiger partial charge in [-0.2, -0.15) is 0 Å². The van der Waals surface area contributed by atoms with E-state index in [1.807, 2.05) is 36.6 Å². The van der Waals surface area contributed by atoms with Crippen LogP contribution in [0, 0.1) is 0 Å². The first-order valence-electron chi connectivity index (χ1n) is 5.73. The minimum absolute atomic E-state index is 0.0964. The second-order valence-corrected chi connectivity index (χ2v) is 4.94. The Morgan fingerprint density at radius 2 is 2.15 bits per heavy atom. The summed E-state index contributed by atoms with van der Waals surface area (Å²) in [4.78, 5) is 25.1. The summed E-state index contributed by atoms with van der Waals surface area (Å²) in [5, 5.41) is 0.659. The van der Waals surface area contributed by atoms with Crippen LogP contribution < -0.4 is 5.48 Å². The maximum Gasteiger partial charge on any atom is 0.295 e. The van der Waals surface area contributed by atoms with Gasteiger partial charge in [0.2, 0.25) is 0 Å². The van der Waals surface area contributed by atoms with E-state index in [-0.39, 0.29) is 17.3 Å². The number of hydrogen-bond donors (Lipinski definition) is 1. The number of hydroxylamine groups is 1. The fraction of sp³-hybridized carbons (Fsp3) is 0.154. The molecule has 5 nitrogen and oxygen atoms in total. The van der Waals surface area contributed by atoms with Crippen LogP contribution in [0.4, 0.5) is 0 Å². The van der Waals surface area contributed by atoms with Gasteiger partial charge in [-0.3, -0.25) is 9.63 Å². The van der Waals surface area contributed by atoms with Gasteiger partial charge in [-0.05, 0) is 11.8 Å². The Morgan fingerprint density at radius 1 is 1.40 bits per heavy atom. The van der Waals surface area contributed by atoms with Gasteiger partial charge in [0.05, 0.1) is 17.8 Å². The molecule has 1 aromatic carbocycles. The first-order chi connectivity index (χ1) is 9.70. The van der Waals surface area contributed by atoms with Crippen molar-refractivity contribution in [2.75, 3.05) is 6.26 Å². The first kappa shape index (κ1) is 14.8. The highest BCUT2D eigenvalue weighted by atomic mass is 35.5. The van der Waals surface area contributed by atoms with Crippen molar-refractivity contribution in [3.63, 3.8) is 0 Å². The molecule has 0 saturated heterocycles. The topological polar surface area (TPSA) is 64.1 Å². The van der Waals surface area contributed by atoms with E-state index in [0.717, 1.165) is 5.56 Å². The summed E-state index contributed by atoms with van der Waals surface area (Å²) in [6.45, 7) is 0.269. The molecule has 0 bridgehead atoms. The summed E-state index contributed by atoms with van der Waals surface area (Å²) in [6.07, 6.45) is 3.21. The third-order valence-corrected chi connectivity index (χ3v) is 3.20. The van der Waals surface area contributed by atoms with Crippen molar-refractivity contribution in [3.05, 3.63) is 52.8 Å². The van der Waals surface area contributed by atoms with Gasteiger partial charge in [0, 0.05) is 0 Å². The molecular weight excluding hydrogens is 298 g/mol.